The van der Waals surface area contributed by atoms with Crippen LogP contribution in [0.25, 0.3) is 0 Å². The molecular formula is C18H21NO. The van der Waals surface area contributed by atoms with Crippen molar-refractivity contribution in [3.63, 3.8) is 0 Å². The van der Waals surface area contributed by atoms with Crippen molar-refractivity contribution in [2.75, 3.05) is 20.1 Å². The first kappa shape index (κ1) is 13.3. The summed E-state index contributed by atoms with van der Waals surface area (Å²) in [5.74, 6) is 0. The summed E-state index contributed by atoms with van der Waals surface area (Å²) in [7, 11) is 2.16. The van der Waals surface area contributed by atoms with Crippen LogP contribution in [0.3, 0.4) is 0 Å². The Balaban J connectivity index is 1.84. The fraction of sp³-hybridized carbons (Fsp3) is 0.333. The van der Waals surface area contributed by atoms with Crippen LogP contribution in [0.4, 0.5) is 0 Å². The van der Waals surface area contributed by atoms with Gasteiger partial charge in [0.2, 0.25) is 0 Å². The molecule has 0 bridgehead atoms. The second-order valence-electron chi connectivity index (χ2n) is 5.51. The van der Waals surface area contributed by atoms with E-state index < -0.39 is 0 Å². The topological polar surface area (TPSA) is 12.5 Å². The van der Waals surface area contributed by atoms with Gasteiger partial charge in [-0.1, -0.05) is 60.7 Å². The van der Waals surface area contributed by atoms with Crippen molar-refractivity contribution in [2.24, 2.45) is 0 Å². The lowest BCUT2D eigenvalue weighted by Crippen LogP contribution is -2.21. The molecule has 2 nitrogen and oxygen atoms in total. The lowest BCUT2D eigenvalue weighted by molar-refractivity contribution is 0.0155. The predicted molar refractivity (Wildman–Crippen MR) is 81.7 cm³/mol. The molecule has 1 aliphatic heterocycles. The molecule has 104 valence electrons. The molecule has 1 fully saturated rings. The van der Waals surface area contributed by atoms with E-state index in [1.54, 1.807) is 0 Å². The molecule has 1 aliphatic rings. The predicted octanol–water partition coefficient (Wildman–Crippen LogP) is 3.50. The van der Waals surface area contributed by atoms with E-state index >= 15 is 0 Å². The fourth-order valence-electron chi connectivity index (χ4n) is 2.80. The lowest BCUT2D eigenvalue weighted by Gasteiger charge is -2.23. The van der Waals surface area contributed by atoms with Crippen molar-refractivity contribution in [1.29, 1.82) is 0 Å². The minimum Gasteiger partial charge on any atom is -0.364 e. The average molecular weight is 267 g/mol. The summed E-state index contributed by atoms with van der Waals surface area (Å²) in [6.45, 7) is 2.15. The third-order valence-electron chi connectivity index (χ3n) is 3.88. The highest BCUT2D eigenvalue weighted by Gasteiger charge is 2.25. The van der Waals surface area contributed by atoms with Crippen LogP contribution in [0, 0.1) is 0 Å². The number of rotatable bonds is 4. The summed E-state index contributed by atoms with van der Waals surface area (Å²) >= 11 is 0. The number of nitrogens with zero attached hydrogens (tertiary/aromatic N) is 1. The summed E-state index contributed by atoms with van der Waals surface area (Å²) in [5.41, 5.74) is 2.46. The summed E-state index contributed by atoms with van der Waals surface area (Å²) in [6.07, 6.45) is 1.48. The zero-order valence-electron chi connectivity index (χ0n) is 11.9. The van der Waals surface area contributed by atoms with Crippen LogP contribution in [0.2, 0.25) is 0 Å². The largest absolute Gasteiger partial charge is 0.364 e. The third-order valence-corrected chi connectivity index (χ3v) is 3.88. The lowest BCUT2D eigenvalue weighted by atomic mass is 10.0. The molecule has 1 atom stereocenters. The number of benzene rings is 2. The standard InChI is InChI=1S/C18H21NO/c1-19-13-12-17(14-19)20-18(15-8-4-2-5-9-15)16-10-6-3-7-11-16/h2-11,17-18H,12-14H2,1H3. The Morgan fingerprint density at radius 2 is 1.50 bits per heavy atom. The molecule has 0 aliphatic carbocycles. The van der Waals surface area contributed by atoms with Gasteiger partial charge < -0.3 is 9.64 Å². The molecule has 0 saturated carbocycles. The zero-order chi connectivity index (χ0) is 13.8. The highest BCUT2D eigenvalue weighted by atomic mass is 16.5. The van der Waals surface area contributed by atoms with Gasteiger partial charge in [-0.2, -0.15) is 0 Å². The maximum atomic E-state index is 6.41. The third kappa shape index (κ3) is 3.09. The van der Waals surface area contributed by atoms with Crippen molar-refractivity contribution in [3.8, 4) is 0 Å². The highest BCUT2D eigenvalue weighted by Crippen LogP contribution is 2.29. The summed E-state index contributed by atoms with van der Waals surface area (Å²) in [4.78, 5) is 2.33. The van der Waals surface area contributed by atoms with E-state index in [0.717, 1.165) is 19.5 Å². The van der Waals surface area contributed by atoms with Gasteiger partial charge in [0, 0.05) is 13.1 Å². The SMILES string of the molecule is CN1CCC(OC(c2ccccc2)c2ccccc2)C1. The van der Waals surface area contributed by atoms with E-state index in [0.29, 0.717) is 6.10 Å². The van der Waals surface area contributed by atoms with Crippen LogP contribution in [-0.2, 0) is 4.74 Å². The highest BCUT2D eigenvalue weighted by molar-refractivity contribution is 5.30. The Kier molecular flexibility index (Phi) is 4.14. The van der Waals surface area contributed by atoms with Gasteiger partial charge in [-0.25, -0.2) is 0 Å². The van der Waals surface area contributed by atoms with Gasteiger partial charge in [0.05, 0.1) is 6.10 Å². The van der Waals surface area contributed by atoms with E-state index in [9.17, 15) is 0 Å². The normalized spacial score (nSPS) is 19.6. The van der Waals surface area contributed by atoms with Gasteiger partial charge in [-0.3, -0.25) is 0 Å². The molecule has 0 amide bonds. The summed E-state index contributed by atoms with van der Waals surface area (Å²) in [6, 6.07) is 21.0. The molecule has 20 heavy (non-hydrogen) atoms. The Morgan fingerprint density at radius 1 is 0.950 bits per heavy atom. The Bertz CT molecular complexity index is 486. The molecule has 2 heteroatoms. The van der Waals surface area contributed by atoms with Crippen LogP contribution >= 0.6 is 0 Å². The minimum atomic E-state index is 0.0360. The van der Waals surface area contributed by atoms with E-state index in [4.69, 9.17) is 4.74 Å². The molecule has 0 N–H and O–H groups in total. The van der Waals surface area contributed by atoms with Crippen LogP contribution < -0.4 is 0 Å². The molecule has 2 aromatic carbocycles. The molecule has 3 rings (SSSR count). The average Bonchev–Trinajstić information content (AvgIpc) is 2.92. The number of likely N-dealkylation sites (tertiary alicyclic amines) is 1. The first-order valence-electron chi connectivity index (χ1n) is 7.27. The summed E-state index contributed by atoms with van der Waals surface area (Å²) < 4.78 is 6.41. The smallest absolute Gasteiger partial charge is 0.108 e. The Hall–Kier alpha value is -1.64. The van der Waals surface area contributed by atoms with Crippen molar-refractivity contribution in [2.45, 2.75) is 18.6 Å². The molecule has 0 aromatic heterocycles. The van der Waals surface area contributed by atoms with Crippen molar-refractivity contribution < 1.29 is 4.74 Å². The van der Waals surface area contributed by atoms with Gasteiger partial charge in [0.15, 0.2) is 0 Å². The van der Waals surface area contributed by atoms with Gasteiger partial charge in [0.25, 0.3) is 0 Å². The second-order valence-corrected chi connectivity index (χ2v) is 5.51. The van der Waals surface area contributed by atoms with E-state index in [-0.39, 0.29) is 6.10 Å². The second kappa shape index (κ2) is 6.21. The van der Waals surface area contributed by atoms with Crippen molar-refractivity contribution in [1.82, 2.24) is 4.90 Å². The van der Waals surface area contributed by atoms with Crippen molar-refractivity contribution in [3.05, 3.63) is 71.8 Å². The van der Waals surface area contributed by atoms with Crippen LogP contribution in [0.1, 0.15) is 23.7 Å². The zero-order valence-corrected chi connectivity index (χ0v) is 11.9. The minimum absolute atomic E-state index is 0.0360. The summed E-state index contributed by atoms with van der Waals surface area (Å²) in [5, 5.41) is 0. The van der Waals surface area contributed by atoms with Crippen LogP contribution in [0.5, 0.6) is 0 Å². The van der Waals surface area contributed by atoms with Gasteiger partial charge in [0.1, 0.15) is 6.10 Å². The maximum Gasteiger partial charge on any atom is 0.108 e. The molecule has 0 spiro atoms. The quantitative estimate of drug-likeness (QED) is 0.840. The molecule has 1 saturated heterocycles. The van der Waals surface area contributed by atoms with Crippen LogP contribution in [0.15, 0.2) is 60.7 Å². The molecule has 2 aromatic rings. The molecular weight excluding hydrogens is 246 g/mol. The van der Waals surface area contributed by atoms with E-state index in [1.165, 1.54) is 11.1 Å². The number of hydrogen-bond donors (Lipinski definition) is 0. The van der Waals surface area contributed by atoms with Gasteiger partial charge in [-0.05, 0) is 24.6 Å². The Labute approximate surface area is 121 Å². The van der Waals surface area contributed by atoms with E-state index in [2.05, 4.69) is 72.6 Å². The van der Waals surface area contributed by atoms with Crippen LogP contribution in [-0.4, -0.2) is 31.1 Å². The number of ether oxygens (including phenoxy) is 1. The maximum absolute atomic E-state index is 6.41. The molecule has 0 radical (unpaired) electrons. The number of hydrogen-bond acceptors (Lipinski definition) is 2. The first-order chi connectivity index (χ1) is 9.83. The van der Waals surface area contributed by atoms with Gasteiger partial charge in [-0.15, -0.1) is 0 Å². The van der Waals surface area contributed by atoms with Gasteiger partial charge >= 0.3 is 0 Å². The molecule has 1 unspecified atom stereocenters. The fourth-order valence-corrected chi connectivity index (χ4v) is 2.80. The first-order valence-corrected chi connectivity index (χ1v) is 7.27. The monoisotopic (exact) mass is 267 g/mol. The van der Waals surface area contributed by atoms with E-state index in [1.807, 2.05) is 0 Å². The number of likely N-dealkylation sites (N-methyl/N-ethyl adjacent to an activating group) is 1. The molecule has 1 heterocycles. The Morgan fingerprint density at radius 3 is 1.95 bits per heavy atom. The van der Waals surface area contributed by atoms with Crippen molar-refractivity contribution >= 4 is 0 Å².